The van der Waals surface area contributed by atoms with Crippen LogP contribution in [0.5, 0.6) is 0 Å². The standard InChI is InChI=1S/C11H21N2O2P/c1-10(2)13(11(3)4)16(14)15-9-7-5-6-8-12/h5,7,10-11,14H,6,9H2,1-4H3. The lowest BCUT2D eigenvalue weighted by Gasteiger charge is -2.32. The van der Waals surface area contributed by atoms with Gasteiger partial charge in [-0.2, -0.15) is 5.26 Å². The van der Waals surface area contributed by atoms with Gasteiger partial charge in [0.25, 0.3) is 8.53 Å². The predicted molar refractivity (Wildman–Crippen MR) is 66.6 cm³/mol. The Labute approximate surface area is 99.5 Å². The van der Waals surface area contributed by atoms with Crippen LogP contribution in [0, 0.1) is 11.3 Å². The molecule has 0 amide bonds. The summed E-state index contributed by atoms with van der Waals surface area (Å²) in [5, 5.41) is 8.31. The highest BCUT2D eigenvalue weighted by Crippen LogP contribution is 2.40. The average molecular weight is 244 g/mol. The number of rotatable bonds is 7. The molecular weight excluding hydrogens is 223 g/mol. The molecule has 0 aromatic heterocycles. The molecule has 16 heavy (non-hydrogen) atoms. The van der Waals surface area contributed by atoms with Crippen LogP contribution in [0.2, 0.25) is 0 Å². The molecule has 1 unspecified atom stereocenters. The van der Waals surface area contributed by atoms with E-state index >= 15 is 0 Å². The Morgan fingerprint density at radius 2 is 1.88 bits per heavy atom. The summed E-state index contributed by atoms with van der Waals surface area (Å²) in [6, 6.07) is 2.50. The van der Waals surface area contributed by atoms with Gasteiger partial charge >= 0.3 is 0 Å². The van der Waals surface area contributed by atoms with Gasteiger partial charge in [0.1, 0.15) is 0 Å². The van der Waals surface area contributed by atoms with Crippen molar-refractivity contribution in [3.05, 3.63) is 12.2 Å². The topological polar surface area (TPSA) is 56.5 Å². The summed E-state index contributed by atoms with van der Waals surface area (Å²) < 4.78 is 7.26. The normalized spacial score (nSPS) is 13.9. The average Bonchev–Trinajstić information content (AvgIpc) is 2.16. The van der Waals surface area contributed by atoms with Gasteiger partial charge in [-0.3, -0.25) is 0 Å². The Balaban J connectivity index is 4.02. The van der Waals surface area contributed by atoms with E-state index in [1.165, 1.54) is 0 Å². The Morgan fingerprint density at radius 1 is 1.31 bits per heavy atom. The van der Waals surface area contributed by atoms with E-state index in [1.54, 1.807) is 12.2 Å². The highest BCUT2D eigenvalue weighted by molar-refractivity contribution is 7.43. The lowest BCUT2D eigenvalue weighted by atomic mass is 10.3. The maximum absolute atomic E-state index is 9.88. The maximum atomic E-state index is 9.88. The fourth-order valence-electron chi connectivity index (χ4n) is 1.37. The fourth-order valence-corrected chi connectivity index (χ4v) is 2.51. The number of nitrogens with zero attached hydrogens (tertiary/aromatic N) is 2. The van der Waals surface area contributed by atoms with Gasteiger partial charge in [0, 0.05) is 12.1 Å². The lowest BCUT2D eigenvalue weighted by Crippen LogP contribution is -2.32. The van der Waals surface area contributed by atoms with Crippen LogP contribution < -0.4 is 0 Å². The summed E-state index contributed by atoms with van der Waals surface area (Å²) in [5.74, 6) is 0. The van der Waals surface area contributed by atoms with Crippen molar-refractivity contribution in [2.75, 3.05) is 6.61 Å². The van der Waals surface area contributed by atoms with E-state index in [4.69, 9.17) is 9.79 Å². The zero-order valence-corrected chi connectivity index (χ0v) is 11.3. The molecule has 1 N–H and O–H groups in total. The zero-order chi connectivity index (χ0) is 12.6. The van der Waals surface area contributed by atoms with Crippen molar-refractivity contribution in [3.63, 3.8) is 0 Å². The summed E-state index contributed by atoms with van der Waals surface area (Å²) in [4.78, 5) is 9.88. The van der Waals surface area contributed by atoms with E-state index < -0.39 is 8.53 Å². The van der Waals surface area contributed by atoms with Crippen LogP contribution in [0.1, 0.15) is 34.1 Å². The summed E-state index contributed by atoms with van der Waals surface area (Å²) in [7, 11) is -1.54. The van der Waals surface area contributed by atoms with Crippen LogP contribution in [-0.4, -0.2) is 28.3 Å². The molecular formula is C11H21N2O2P. The summed E-state index contributed by atoms with van der Waals surface area (Å²) in [5.41, 5.74) is 0. The van der Waals surface area contributed by atoms with Crippen LogP contribution >= 0.6 is 8.53 Å². The van der Waals surface area contributed by atoms with Crippen molar-refractivity contribution in [3.8, 4) is 6.07 Å². The van der Waals surface area contributed by atoms with E-state index in [-0.39, 0.29) is 12.1 Å². The summed E-state index contributed by atoms with van der Waals surface area (Å²) >= 11 is 0. The first-order valence-corrected chi connectivity index (χ1v) is 6.59. The quantitative estimate of drug-likeness (QED) is 0.552. The molecule has 0 aromatic carbocycles. The zero-order valence-electron chi connectivity index (χ0n) is 10.4. The molecule has 0 aliphatic carbocycles. The van der Waals surface area contributed by atoms with Gasteiger partial charge in [-0.05, 0) is 27.7 Å². The molecule has 92 valence electrons. The number of allylic oxidation sites excluding steroid dienone is 1. The second kappa shape index (κ2) is 8.66. The van der Waals surface area contributed by atoms with Gasteiger partial charge in [-0.15, -0.1) is 0 Å². The van der Waals surface area contributed by atoms with Crippen molar-refractivity contribution < 1.29 is 9.42 Å². The smallest absolute Gasteiger partial charge is 0.256 e. The van der Waals surface area contributed by atoms with E-state index in [1.807, 2.05) is 38.4 Å². The SMILES string of the molecule is CC(C)N(C(C)C)P(O)OCC=CCC#N. The fraction of sp³-hybridized carbons (Fsp3) is 0.727. The Hall–Kier alpha value is -0.460. The third kappa shape index (κ3) is 6.19. The van der Waals surface area contributed by atoms with Gasteiger partial charge < -0.3 is 9.42 Å². The molecule has 0 spiro atoms. The van der Waals surface area contributed by atoms with Crippen LogP contribution in [0.4, 0.5) is 0 Å². The van der Waals surface area contributed by atoms with Gasteiger partial charge in [-0.1, -0.05) is 12.2 Å². The highest BCUT2D eigenvalue weighted by Gasteiger charge is 2.23. The predicted octanol–water partition coefficient (Wildman–Crippen LogP) is 2.81. The largest absolute Gasteiger partial charge is 0.338 e. The lowest BCUT2D eigenvalue weighted by molar-refractivity contribution is 0.226. The van der Waals surface area contributed by atoms with Crippen molar-refractivity contribution in [2.45, 2.75) is 46.2 Å². The van der Waals surface area contributed by atoms with Crippen LogP contribution in [0.3, 0.4) is 0 Å². The molecule has 4 nitrogen and oxygen atoms in total. The van der Waals surface area contributed by atoms with Gasteiger partial charge in [-0.25, -0.2) is 4.67 Å². The maximum Gasteiger partial charge on any atom is 0.256 e. The molecule has 0 aliphatic heterocycles. The van der Waals surface area contributed by atoms with Crippen molar-refractivity contribution in [1.29, 1.82) is 5.26 Å². The molecule has 0 fully saturated rings. The molecule has 0 aromatic rings. The molecule has 0 aliphatic rings. The van der Waals surface area contributed by atoms with Crippen LogP contribution in [-0.2, 0) is 4.52 Å². The molecule has 0 radical (unpaired) electrons. The second-order valence-corrected chi connectivity index (χ2v) is 5.18. The molecule has 0 bridgehead atoms. The van der Waals surface area contributed by atoms with Crippen molar-refractivity contribution in [2.24, 2.45) is 0 Å². The molecule has 0 saturated heterocycles. The summed E-state index contributed by atoms with van der Waals surface area (Å²) in [6.07, 6.45) is 3.87. The molecule has 5 heteroatoms. The first-order valence-electron chi connectivity index (χ1n) is 5.42. The highest BCUT2D eigenvalue weighted by atomic mass is 31.2. The Morgan fingerprint density at radius 3 is 2.31 bits per heavy atom. The van der Waals surface area contributed by atoms with Crippen molar-refractivity contribution >= 4 is 8.53 Å². The third-order valence-corrected chi connectivity index (χ3v) is 3.62. The number of hydrogen-bond donors (Lipinski definition) is 1. The monoisotopic (exact) mass is 244 g/mol. The first-order chi connectivity index (χ1) is 7.50. The van der Waals surface area contributed by atoms with Gasteiger partial charge in [0.05, 0.1) is 19.1 Å². The first kappa shape index (κ1) is 15.5. The number of hydrogen-bond acceptors (Lipinski definition) is 4. The third-order valence-electron chi connectivity index (χ3n) is 1.92. The van der Waals surface area contributed by atoms with E-state index in [0.29, 0.717) is 13.0 Å². The van der Waals surface area contributed by atoms with E-state index in [9.17, 15) is 4.89 Å². The van der Waals surface area contributed by atoms with Gasteiger partial charge in [0.15, 0.2) is 0 Å². The van der Waals surface area contributed by atoms with Crippen LogP contribution in [0.15, 0.2) is 12.2 Å². The summed E-state index contributed by atoms with van der Waals surface area (Å²) in [6.45, 7) is 8.46. The molecule has 0 rings (SSSR count). The second-order valence-electron chi connectivity index (χ2n) is 3.95. The van der Waals surface area contributed by atoms with Gasteiger partial charge in [0.2, 0.25) is 0 Å². The van der Waals surface area contributed by atoms with Crippen molar-refractivity contribution in [1.82, 2.24) is 4.67 Å². The van der Waals surface area contributed by atoms with E-state index in [0.717, 1.165) is 0 Å². The Kier molecular flexibility index (Phi) is 8.42. The minimum atomic E-state index is -1.54. The number of nitriles is 1. The molecule has 0 heterocycles. The molecule has 1 atom stereocenters. The Bertz CT molecular complexity index is 241. The van der Waals surface area contributed by atoms with E-state index in [2.05, 4.69) is 0 Å². The van der Waals surface area contributed by atoms with Crippen LogP contribution in [0.25, 0.3) is 0 Å². The minimum Gasteiger partial charge on any atom is -0.338 e. The molecule has 0 saturated carbocycles. The minimum absolute atomic E-state index is 0.249.